The summed E-state index contributed by atoms with van der Waals surface area (Å²) in [6, 6.07) is 73.3. The molecule has 0 aliphatic carbocycles. The lowest BCUT2D eigenvalue weighted by molar-refractivity contribution is 0.974. The molecule has 0 spiro atoms. The third-order valence-corrected chi connectivity index (χ3v) is 13.1. The minimum Gasteiger partial charge on any atom is -0.397 e. The second-order valence-corrected chi connectivity index (χ2v) is 17.1. The Hall–Kier alpha value is -8.80. The van der Waals surface area contributed by atoms with Crippen molar-refractivity contribution >= 4 is 77.0 Å². The summed E-state index contributed by atoms with van der Waals surface area (Å²) in [5, 5.41) is 8.15. The van der Waals surface area contributed by atoms with Gasteiger partial charge in [0.15, 0.2) is 0 Å². The van der Waals surface area contributed by atoms with Crippen LogP contribution in [0.4, 0.5) is 11.4 Å². The summed E-state index contributed by atoms with van der Waals surface area (Å²) >= 11 is 0. The number of hydrogen-bond donors (Lipinski definition) is 1. The highest BCUT2D eigenvalue weighted by molar-refractivity contribution is 6.02. The Morgan fingerprint density at radius 2 is 1.04 bits per heavy atom. The number of hydrogen-bond acceptors (Lipinski definition) is 4. The van der Waals surface area contributed by atoms with Crippen LogP contribution in [0.1, 0.15) is 16.7 Å². The summed E-state index contributed by atoms with van der Waals surface area (Å²) in [7, 11) is 0. The van der Waals surface area contributed by atoms with E-state index in [0.29, 0.717) is 12.2 Å². The number of fused-ring (bicyclic) bond motifs is 8. The van der Waals surface area contributed by atoms with Gasteiger partial charge >= 0.3 is 0 Å². The van der Waals surface area contributed by atoms with E-state index in [2.05, 4.69) is 218 Å². The van der Waals surface area contributed by atoms with Crippen LogP contribution < -0.4 is 10.6 Å². The fourth-order valence-electron chi connectivity index (χ4n) is 9.48. The van der Waals surface area contributed by atoms with Crippen molar-refractivity contribution in [2.24, 2.45) is 0 Å². The summed E-state index contributed by atoms with van der Waals surface area (Å²) in [6.07, 6.45) is 0. The molecule has 5 heteroatoms. The molecule has 0 amide bonds. The maximum atomic E-state index is 6.65. The van der Waals surface area contributed by atoms with Crippen LogP contribution in [0.3, 0.4) is 0 Å². The molecule has 2 aromatic heterocycles. The maximum Gasteiger partial charge on any atom is 0.149 e. The number of aryl methyl sites for hydroxylation is 1. The topological polar surface area (TPSA) is 59.5 Å². The highest BCUT2D eigenvalue weighted by atomic mass is 15.1. The van der Waals surface area contributed by atoms with Gasteiger partial charge in [0.05, 0.1) is 27.9 Å². The number of rotatable bonds is 8. The second kappa shape index (κ2) is 17.0. The Morgan fingerprint density at radius 1 is 0.507 bits per heavy atom. The highest BCUT2D eigenvalue weighted by Gasteiger charge is 2.19. The second-order valence-electron chi connectivity index (χ2n) is 17.1. The fourth-order valence-corrected chi connectivity index (χ4v) is 9.48. The molecule has 67 heavy (non-hydrogen) atoms. The molecule has 0 fully saturated rings. The predicted octanol–water partition coefficient (Wildman–Crippen LogP) is 15.9. The minimum atomic E-state index is 0.615. The molecule has 0 unspecified atom stereocenters. The molecule has 320 valence electrons. The molecular formula is C62H47N5. The summed E-state index contributed by atoms with van der Waals surface area (Å²) in [6.45, 7) is 13.4. The molecule has 0 atom stereocenters. The van der Waals surface area contributed by atoms with Gasteiger partial charge in [-0.1, -0.05) is 146 Å². The van der Waals surface area contributed by atoms with Crippen LogP contribution >= 0.6 is 0 Å². The number of aromatic nitrogens is 3. The number of nitrogens with two attached hydrogens (primary N) is 1. The van der Waals surface area contributed by atoms with Crippen LogP contribution in [-0.2, 0) is 6.54 Å². The van der Waals surface area contributed by atoms with Crippen molar-refractivity contribution < 1.29 is 0 Å². The molecule has 2 N–H and O–H groups in total. The van der Waals surface area contributed by atoms with Crippen molar-refractivity contribution in [3.63, 3.8) is 0 Å². The van der Waals surface area contributed by atoms with Gasteiger partial charge < -0.3 is 10.6 Å². The molecule has 10 aromatic carbocycles. The van der Waals surface area contributed by atoms with E-state index in [1.54, 1.807) is 0 Å². The predicted molar refractivity (Wildman–Crippen MR) is 285 cm³/mol. The molecule has 0 saturated carbocycles. The molecule has 0 radical (unpaired) electrons. The van der Waals surface area contributed by atoms with E-state index >= 15 is 0 Å². The van der Waals surface area contributed by atoms with E-state index in [-0.39, 0.29) is 0 Å². The number of nitrogens with zero attached hydrogens (tertiary/aromatic N) is 4. The van der Waals surface area contributed by atoms with E-state index in [9.17, 15) is 0 Å². The summed E-state index contributed by atoms with van der Waals surface area (Å²) in [5.74, 6) is 0.881. The minimum absolute atomic E-state index is 0.615. The summed E-state index contributed by atoms with van der Waals surface area (Å²) in [4.78, 5) is 12.8. The van der Waals surface area contributed by atoms with Crippen molar-refractivity contribution in [1.29, 1.82) is 0 Å². The number of imidazole rings is 1. The van der Waals surface area contributed by atoms with Crippen LogP contribution in [0.25, 0.3) is 99.2 Å². The molecule has 12 aromatic rings. The van der Waals surface area contributed by atoms with Gasteiger partial charge in [-0.3, -0.25) is 4.40 Å². The highest BCUT2D eigenvalue weighted by Crippen LogP contribution is 2.37. The zero-order chi connectivity index (χ0) is 45.6. The molecule has 0 aliphatic rings. The SMILES string of the molecule is C=C.C=C(c1ccc2ccccc2c1)N(Cc1cc(-c2ccc3cc(-c4ccc5nc(-c6ccc7ccccc7c6)n6c7ccccc7nc6c5c4)ccc3c2)ccc1C)c1ccccc1N. The Bertz CT molecular complexity index is 3900. The van der Waals surface area contributed by atoms with E-state index in [1.807, 2.05) is 24.3 Å². The Balaban J connectivity index is 0.00000244. The lowest BCUT2D eigenvalue weighted by Gasteiger charge is -2.29. The van der Waals surface area contributed by atoms with Crippen molar-refractivity contribution in [3.8, 4) is 33.6 Å². The average molecular weight is 862 g/mol. The number of nitrogen functional groups attached to an aromatic ring is 1. The number of para-hydroxylation sites is 4. The van der Waals surface area contributed by atoms with Crippen LogP contribution in [0.2, 0.25) is 0 Å². The van der Waals surface area contributed by atoms with Gasteiger partial charge in [0, 0.05) is 23.2 Å². The molecular weight excluding hydrogens is 815 g/mol. The average Bonchev–Trinajstić information content (AvgIpc) is 3.78. The van der Waals surface area contributed by atoms with Gasteiger partial charge in [0.1, 0.15) is 11.5 Å². The van der Waals surface area contributed by atoms with Crippen molar-refractivity contribution in [2.45, 2.75) is 13.5 Å². The van der Waals surface area contributed by atoms with Crippen molar-refractivity contribution in [2.75, 3.05) is 10.6 Å². The first-order chi connectivity index (χ1) is 32.9. The maximum absolute atomic E-state index is 6.65. The van der Waals surface area contributed by atoms with Gasteiger partial charge in [-0.05, 0) is 145 Å². The summed E-state index contributed by atoms with van der Waals surface area (Å²) < 4.78 is 2.22. The zero-order valence-electron chi connectivity index (χ0n) is 37.3. The first-order valence-electron chi connectivity index (χ1n) is 22.6. The lowest BCUT2D eigenvalue weighted by Crippen LogP contribution is -2.22. The third-order valence-electron chi connectivity index (χ3n) is 13.1. The Labute approximate surface area is 390 Å². The standard InChI is InChI=1S/C60H43N5.C2H4/c1-38-19-20-45(35-52(38)37-64(57-17-9-7-15-54(57)61)39(2)42-23-21-40-11-3-5-13-43(40)31-42)46-24-25-48-33-49(27-26-47(48)32-46)50-29-30-55-53(36-50)60-63-56-16-8-10-18-58(56)65(60)59(62-55)51-28-22-41-12-4-6-14-44(41)34-51;1-2/h3-36H,2,37,61H2,1H3;1-2H2. The van der Waals surface area contributed by atoms with Gasteiger partial charge in [0.25, 0.3) is 0 Å². The van der Waals surface area contributed by atoms with Gasteiger partial charge in [-0.25, -0.2) is 9.97 Å². The molecule has 5 nitrogen and oxygen atoms in total. The molecule has 0 aliphatic heterocycles. The number of benzene rings is 10. The van der Waals surface area contributed by atoms with Crippen molar-refractivity contribution in [1.82, 2.24) is 14.4 Å². The Kier molecular flexibility index (Phi) is 10.4. The monoisotopic (exact) mass is 861 g/mol. The first-order valence-corrected chi connectivity index (χ1v) is 22.6. The zero-order valence-corrected chi connectivity index (χ0v) is 37.3. The van der Waals surface area contributed by atoms with E-state index in [4.69, 9.17) is 15.7 Å². The van der Waals surface area contributed by atoms with Crippen LogP contribution in [0.15, 0.2) is 226 Å². The van der Waals surface area contributed by atoms with E-state index < -0.39 is 0 Å². The Morgan fingerprint density at radius 3 is 1.79 bits per heavy atom. The normalized spacial score (nSPS) is 11.4. The largest absolute Gasteiger partial charge is 0.397 e. The fraction of sp³-hybridized carbons (Fsp3) is 0.0323. The molecule has 0 saturated heterocycles. The first kappa shape index (κ1) is 40.9. The van der Waals surface area contributed by atoms with E-state index in [0.717, 1.165) is 72.6 Å². The summed E-state index contributed by atoms with van der Waals surface area (Å²) in [5.41, 5.74) is 22.1. The molecule has 12 rings (SSSR count). The van der Waals surface area contributed by atoms with Gasteiger partial charge in [-0.2, -0.15) is 0 Å². The molecule has 2 heterocycles. The smallest absolute Gasteiger partial charge is 0.149 e. The van der Waals surface area contributed by atoms with Crippen LogP contribution in [-0.4, -0.2) is 14.4 Å². The van der Waals surface area contributed by atoms with Crippen molar-refractivity contribution in [3.05, 3.63) is 243 Å². The van der Waals surface area contributed by atoms with E-state index in [1.165, 1.54) is 49.0 Å². The van der Waals surface area contributed by atoms with Gasteiger partial charge in [0.2, 0.25) is 0 Å². The quantitative estimate of drug-likeness (QED) is 0.122. The molecule has 0 bridgehead atoms. The lowest BCUT2D eigenvalue weighted by atomic mass is 9.95. The third kappa shape index (κ3) is 7.43. The number of anilines is 2. The van der Waals surface area contributed by atoms with Gasteiger partial charge in [-0.15, -0.1) is 13.2 Å². The van der Waals surface area contributed by atoms with Crippen LogP contribution in [0.5, 0.6) is 0 Å². The van der Waals surface area contributed by atoms with Crippen LogP contribution in [0, 0.1) is 6.92 Å².